The van der Waals surface area contributed by atoms with Crippen molar-refractivity contribution in [2.24, 2.45) is 0 Å². The maximum absolute atomic E-state index is 12.5. The molecule has 0 saturated carbocycles. The molecule has 1 N–H and O–H groups in total. The van der Waals surface area contributed by atoms with Gasteiger partial charge in [-0.2, -0.15) is 0 Å². The van der Waals surface area contributed by atoms with Crippen molar-refractivity contribution in [2.45, 2.75) is 36.8 Å². The number of anilines is 1. The Balaban J connectivity index is 1.86. The van der Waals surface area contributed by atoms with Crippen molar-refractivity contribution >= 4 is 35.0 Å². The molecule has 0 radical (unpaired) electrons. The van der Waals surface area contributed by atoms with Gasteiger partial charge < -0.3 is 14.6 Å². The first-order valence-corrected chi connectivity index (χ1v) is 11.0. The van der Waals surface area contributed by atoms with E-state index in [0.717, 1.165) is 22.6 Å². The fraction of sp³-hybridized carbons (Fsp3) is 0.409. The van der Waals surface area contributed by atoms with Crippen molar-refractivity contribution in [3.05, 3.63) is 47.0 Å². The quantitative estimate of drug-likeness (QED) is 0.470. The molecule has 30 heavy (non-hydrogen) atoms. The van der Waals surface area contributed by atoms with Crippen LogP contribution in [-0.4, -0.2) is 49.5 Å². The van der Waals surface area contributed by atoms with Gasteiger partial charge in [0.15, 0.2) is 0 Å². The summed E-state index contributed by atoms with van der Waals surface area (Å²) < 4.78 is 11.5. The number of amides is 1. The summed E-state index contributed by atoms with van der Waals surface area (Å²) in [6.45, 7) is 4.50. The lowest BCUT2D eigenvalue weighted by molar-refractivity contribution is -0.116. The molecule has 2 unspecified atom stereocenters. The SMILES string of the molecule is COc1ccc(OCCCN(C)C(C)O)c(C2Sc3cc(Cl)ccc3N2C(C)=O)c1. The van der Waals surface area contributed by atoms with Crippen LogP contribution >= 0.6 is 23.4 Å². The van der Waals surface area contributed by atoms with Gasteiger partial charge in [0.05, 0.1) is 19.4 Å². The van der Waals surface area contributed by atoms with Crippen LogP contribution in [-0.2, 0) is 4.79 Å². The number of thioether (sulfide) groups is 1. The Morgan fingerprint density at radius 3 is 2.77 bits per heavy atom. The maximum atomic E-state index is 12.5. The van der Waals surface area contributed by atoms with Crippen LogP contribution in [0.25, 0.3) is 0 Å². The first-order valence-electron chi connectivity index (χ1n) is 9.77. The minimum Gasteiger partial charge on any atom is -0.497 e. The number of carbonyl (C=O) groups excluding carboxylic acids is 1. The van der Waals surface area contributed by atoms with E-state index >= 15 is 0 Å². The fourth-order valence-corrected chi connectivity index (χ4v) is 4.92. The van der Waals surface area contributed by atoms with E-state index in [1.54, 1.807) is 43.7 Å². The Labute approximate surface area is 186 Å². The van der Waals surface area contributed by atoms with Crippen LogP contribution in [0.3, 0.4) is 0 Å². The molecular formula is C22H27ClN2O4S. The third-order valence-corrected chi connectivity index (χ3v) is 6.53. The molecule has 2 aromatic carbocycles. The van der Waals surface area contributed by atoms with Gasteiger partial charge >= 0.3 is 0 Å². The number of benzene rings is 2. The Bertz CT molecular complexity index is 909. The van der Waals surface area contributed by atoms with Crippen molar-refractivity contribution in [1.29, 1.82) is 0 Å². The van der Waals surface area contributed by atoms with Crippen molar-refractivity contribution < 1.29 is 19.4 Å². The topological polar surface area (TPSA) is 62.2 Å². The molecule has 0 saturated heterocycles. The number of aliphatic hydroxyl groups is 1. The Kier molecular flexibility index (Phi) is 7.52. The van der Waals surface area contributed by atoms with E-state index in [2.05, 4.69) is 0 Å². The maximum Gasteiger partial charge on any atom is 0.225 e. The standard InChI is InChI=1S/C22H27ClN2O4S/c1-14(26)24(3)10-5-11-29-20-9-7-17(28-4)13-18(20)22-25(15(2)27)19-8-6-16(23)12-21(19)30-22/h6-9,12-14,22,26H,5,10-11H2,1-4H3. The van der Waals surface area contributed by atoms with Crippen LogP contribution in [0.4, 0.5) is 5.69 Å². The highest BCUT2D eigenvalue weighted by atomic mass is 35.5. The smallest absolute Gasteiger partial charge is 0.225 e. The van der Waals surface area contributed by atoms with Gasteiger partial charge in [0, 0.05) is 29.0 Å². The second-order valence-corrected chi connectivity index (χ2v) is 8.75. The second-order valence-electron chi connectivity index (χ2n) is 7.19. The van der Waals surface area contributed by atoms with Crippen LogP contribution in [0.2, 0.25) is 5.02 Å². The van der Waals surface area contributed by atoms with Crippen LogP contribution in [0.15, 0.2) is 41.3 Å². The summed E-state index contributed by atoms with van der Waals surface area (Å²) in [5.74, 6) is 1.35. The summed E-state index contributed by atoms with van der Waals surface area (Å²) in [5.41, 5.74) is 1.71. The first-order chi connectivity index (χ1) is 14.3. The van der Waals surface area contributed by atoms with Crippen LogP contribution in [0, 0.1) is 0 Å². The van der Waals surface area contributed by atoms with E-state index in [-0.39, 0.29) is 11.3 Å². The summed E-state index contributed by atoms with van der Waals surface area (Å²) in [5, 5.41) is 9.95. The molecule has 0 bridgehead atoms. The van der Waals surface area contributed by atoms with Crippen LogP contribution in [0.1, 0.15) is 31.2 Å². The second kappa shape index (κ2) is 9.92. The van der Waals surface area contributed by atoms with Gasteiger partial charge in [-0.15, -0.1) is 0 Å². The number of rotatable bonds is 8. The molecule has 0 fully saturated rings. The summed E-state index contributed by atoms with van der Waals surface area (Å²) in [6, 6.07) is 11.2. The average molecular weight is 451 g/mol. The number of ether oxygens (including phenoxy) is 2. The lowest BCUT2D eigenvalue weighted by Crippen LogP contribution is -2.30. The molecule has 0 aromatic heterocycles. The highest BCUT2D eigenvalue weighted by Gasteiger charge is 2.36. The van der Waals surface area contributed by atoms with Gasteiger partial charge in [-0.25, -0.2) is 0 Å². The lowest BCUT2D eigenvalue weighted by atomic mass is 10.1. The molecule has 2 atom stereocenters. The third kappa shape index (κ3) is 5.03. The van der Waals surface area contributed by atoms with Gasteiger partial charge in [-0.3, -0.25) is 14.6 Å². The van der Waals surface area contributed by atoms with Crippen LogP contribution in [0.5, 0.6) is 11.5 Å². The Morgan fingerprint density at radius 1 is 1.33 bits per heavy atom. The number of carbonyl (C=O) groups is 1. The number of methoxy groups -OCH3 is 1. The molecule has 0 aliphatic carbocycles. The van der Waals surface area contributed by atoms with E-state index in [9.17, 15) is 9.90 Å². The van der Waals surface area contributed by atoms with Gasteiger partial charge in [-0.05, 0) is 56.8 Å². The van der Waals surface area contributed by atoms with E-state index in [0.29, 0.717) is 29.7 Å². The van der Waals surface area contributed by atoms with Crippen molar-refractivity contribution in [2.75, 3.05) is 32.2 Å². The molecule has 1 aliphatic rings. The zero-order valence-electron chi connectivity index (χ0n) is 17.6. The monoisotopic (exact) mass is 450 g/mol. The highest BCUT2D eigenvalue weighted by Crippen LogP contribution is 2.54. The molecule has 3 rings (SSSR count). The predicted octanol–water partition coefficient (Wildman–Crippen LogP) is 4.55. The fourth-order valence-electron chi connectivity index (χ4n) is 3.28. The summed E-state index contributed by atoms with van der Waals surface area (Å²) in [7, 11) is 3.48. The molecule has 1 heterocycles. The number of hydrogen-bond acceptors (Lipinski definition) is 6. The molecule has 6 nitrogen and oxygen atoms in total. The zero-order valence-corrected chi connectivity index (χ0v) is 19.2. The Morgan fingerprint density at radius 2 is 2.10 bits per heavy atom. The van der Waals surface area contributed by atoms with Crippen molar-refractivity contribution in [3.8, 4) is 11.5 Å². The third-order valence-electron chi connectivity index (χ3n) is 5.03. The Hall–Kier alpha value is -1.93. The molecule has 0 spiro atoms. The molecule has 8 heteroatoms. The van der Waals surface area contributed by atoms with Gasteiger partial charge in [0.1, 0.15) is 23.1 Å². The molecule has 1 amide bonds. The number of nitrogens with zero attached hydrogens (tertiary/aromatic N) is 2. The number of halogens is 1. The number of fused-ring (bicyclic) bond motifs is 1. The summed E-state index contributed by atoms with van der Waals surface area (Å²) in [6.07, 6.45) is 0.266. The number of aliphatic hydroxyl groups excluding tert-OH is 1. The minimum atomic E-state index is -0.495. The lowest BCUT2D eigenvalue weighted by Gasteiger charge is -2.26. The zero-order chi connectivity index (χ0) is 21.8. The van der Waals surface area contributed by atoms with Crippen molar-refractivity contribution in [1.82, 2.24) is 4.90 Å². The minimum absolute atomic E-state index is 0.0547. The first kappa shape index (κ1) is 22.7. The van der Waals surface area contributed by atoms with Gasteiger partial charge in [-0.1, -0.05) is 23.4 Å². The normalized spacial score (nSPS) is 16.5. The van der Waals surface area contributed by atoms with E-state index in [1.807, 2.05) is 42.3 Å². The van der Waals surface area contributed by atoms with Gasteiger partial charge in [0.2, 0.25) is 5.91 Å². The summed E-state index contributed by atoms with van der Waals surface area (Å²) in [4.78, 5) is 17.1. The molecular weight excluding hydrogens is 424 g/mol. The van der Waals surface area contributed by atoms with E-state index < -0.39 is 6.23 Å². The van der Waals surface area contributed by atoms with Gasteiger partial charge in [0.25, 0.3) is 0 Å². The number of hydrogen-bond donors (Lipinski definition) is 1. The van der Waals surface area contributed by atoms with E-state index in [4.69, 9.17) is 21.1 Å². The average Bonchev–Trinajstić information content (AvgIpc) is 3.09. The van der Waals surface area contributed by atoms with E-state index in [1.165, 1.54) is 0 Å². The largest absolute Gasteiger partial charge is 0.497 e. The molecule has 1 aliphatic heterocycles. The summed E-state index contributed by atoms with van der Waals surface area (Å²) >= 11 is 7.74. The highest BCUT2D eigenvalue weighted by molar-refractivity contribution is 8.00. The van der Waals surface area contributed by atoms with Crippen molar-refractivity contribution in [3.63, 3.8) is 0 Å². The van der Waals surface area contributed by atoms with Crippen LogP contribution < -0.4 is 14.4 Å². The molecule has 162 valence electrons. The predicted molar refractivity (Wildman–Crippen MR) is 121 cm³/mol. The molecule has 2 aromatic rings.